The highest BCUT2D eigenvalue weighted by molar-refractivity contribution is 6.62. The lowest BCUT2D eigenvalue weighted by Gasteiger charge is -2.32. The van der Waals surface area contributed by atoms with Crippen LogP contribution in [0.3, 0.4) is 0 Å². The molecule has 3 rings (SSSR count). The number of ether oxygens (including phenoxy) is 1. The van der Waals surface area contributed by atoms with E-state index < -0.39 is 0 Å². The normalized spacial score (nSPS) is 23.7. The average molecular weight is 260 g/mol. The molecule has 0 unspecified atom stereocenters. The molecule has 0 aromatic heterocycles. The highest BCUT2D eigenvalue weighted by Crippen LogP contribution is 2.37. The van der Waals surface area contributed by atoms with E-state index in [1.54, 1.807) is 0 Å². The van der Waals surface area contributed by atoms with Crippen LogP contribution in [0.1, 0.15) is 44.4 Å². The van der Waals surface area contributed by atoms with E-state index in [1.807, 2.05) is 0 Å². The quantitative estimate of drug-likeness (QED) is 0.725. The zero-order valence-corrected chi connectivity index (χ0v) is 12.4. The molecule has 0 amide bonds. The molecular formula is C15H21BO3. The van der Waals surface area contributed by atoms with Gasteiger partial charge in [-0.25, -0.2) is 0 Å². The maximum Gasteiger partial charge on any atom is 0.495 e. The Morgan fingerprint density at radius 2 is 1.47 bits per heavy atom. The van der Waals surface area contributed by atoms with Crippen LogP contribution in [0.15, 0.2) is 12.1 Å². The van der Waals surface area contributed by atoms with E-state index in [4.69, 9.17) is 14.0 Å². The highest BCUT2D eigenvalue weighted by atomic mass is 16.7. The molecule has 0 spiro atoms. The Kier molecular flexibility index (Phi) is 2.82. The van der Waals surface area contributed by atoms with Gasteiger partial charge in [-0.1, -0.05) is 17.7 Å². The summed E-state index contributed by atoms with van der Waals surface area (Å²) in [5, 5.41) is 0. The molecule has 0 bridgehead atoms. The zero-order valence-electron chi connectivity index (χ0n) is 12.4. The molecule has 0 aliphatic carbocycles. The predicted octanol–water partition coefficient (Wildman–Crippen LogP) is 2.32. The molecule has 1 saturated heterocycles. The Hall–Kier alpha value is -0.835. The number of benzene rings is 1. The van der Waals surface area contributed by atoms with Gasteiger partial charge >= 0.3 is 7.12 Å². The standard InChI is InChI=1S/C15H21BO3/c1-10-6-11-8-17-9-12(11)7-13(10)16-18-14(2,3)15(4,5)19-16/h6-7H,8-9H2,1-5H3. The van der Waals surface area contributed by atoms with Crippen molar-refractivity contribution in [2.24, 2.45) is 0 Å². The molecular weight excluding hydrogens is 239 g/mol. The molecule has 0 saturated carbocycles. The van der Waals surface area contributed by atoms with E-state index in [0.29, 0.717) is 6.61 Å². The third-order valence-electron chi connectivity index (χ3n) is 4.61. The van der Waals surface area contributed by atoms with Crippen LogP contribution in [-0.2, 0) is 27.3 Å². The maximum atomic E-state index is 6.13. The van der Waals surface area contributed by atoms with Gasteiger partial charge in [-0.3, -0.25) is 0 Å². The van der Waals surface area contributed by atoms with Gasteiger partial charge in [0.2, 0.25) is 0 Å². The molecule has 0 radical (unpaired) electrons. The topological polar surface area (TPSA) is 27.7 Å². The molecule has 1 aromatic rings. The van der Waals surface area contributed by atoms with Crippen molar-refractivity contribution in [2.45, 2.75) is 59.0 Å². The predicted molar refractivity (Wildman–Crippen MR) is 75.4 cm³/mol. The Balaban J connectivity index is 1.96. The molecule has 3 nitrogen and oxygen atoms in total. The second-order valence-electron chi connectivity index (χ2n) is 6.56. The van der Waals surface area contributed by atoms with Gasteiger partial charge in [-0.15, -0.1) is 0 Å². The first-order chi connectivity index (χ1) is 8.80. The minimum atomic E-state index is -0.292. The molecule has 0 N–H and O–H groups in total. The lowest BCUT2D eigenvalue weighted by Crippen LogP contribution is -2.41. The van der Waals surface area contributed by atoms with Gasteiger partial charge < -0.3 is 14.0 Å². The first-order valence-electron chi connectivity index (χ1n) is 6.86. The minimum Gasteiger partial charge on any atom is -0.399 e. The molecule has 19 heavy (non-hydrogen) atoms. The van der Waals surface area contributed by atoms with Crippen molar-refractivity contribution in [3.05, 3.63) is 28.8 Å². The van der Waals surface area contributed by atoms with Gasteiger partial charge in [0.05, 0.1) is 24.4 Å². The largest absolute Gasteiger partial charge is 0.495 e. The average Bonchev–Trinajstić information content (AvgIpc) is 2.80. The maximum absolute atomic E-state index is 6.13. The van der Waals surface area contributed by atoms with Crippen LogP contribution in [0.25, 0.3) is 0 Å². The smallest absolute Gasteiger partial charge is 0.399 e. The first-order valence-corrected chi connectivity index (χ1v) is 6.86. The van der Waals surface area contributed by atoms with E-state index in [2.05, 4.69) is 46.8 Å². The summed E-state index contributed by atoms with van der Waals surface area (Å²) in [6, 6.07) is 4.38. The van der Waals surface area contributed by atoms with Crippen molar-refractivity contribution in [1.29, 1.82) is 0 Å². The molecule has 1 fully saturated rings. The van der Waals surface area contributed by atoms with Crippen molar-refractivity contribution in [2.75, 3.05) is 0 Å². The Labute approximate surface area is 115 Å². The van der Waals surface area contributed by atoms with E-state index in [0.717, 1.165) is 12.1 Å². The SMILES string of the molecule is Cc1cc2c(cc1B1OC(C)(C)C(C)(C)O1)COC2. The van der Waals surface area contributed by atoms with Crippen LogP contribution in [-0.4, -0.2) is 18.3 Å². The van der Waals surface area contributed by atoms with Crippen molar-refractivity contribution in [3.63, 3.8) is 0 Å². The van der Waals surface area contributed by atoms with E-state index in [1.165, 1.54) is 16.7 Å². The van der Waals surface area contributed by atoms with Crippen molar-refractivity contribution in [3.8, 4) is 0 Å². The molecule has 0 atom stereocenters. The number of aryl methyl sites for hydroxylation is 1. The van der Waals surface area contributed by atoms with Gasteiger partial charge in [0.25, 0.3) is 0 Å². The van der Waals surface area contributed by atoms with Crippen molar-refractivity contribution >= 4 is 12.6 Å². The summed E-state index contributed by atoms with van der Waals surface area (Å²) in [5.41, 5.74) is 4.30. The molecule has 102 valence electrons. The zero-order chi connectivity index (χ0) is 13.8. The first kappa shape index (κ1) is 13.2. The fourth-order valence-electron chi connectivity index (χ4n) is 2.60. The third kappa shape index (κ3) is 2.02. The van der Waals surface area contributed by atoms with Gasteiger partial charge in [0.1, 0.15) is 0 Å². The number of hydrogen-bond acceptors (Lipinski definition) is 3. The highest BCUT2D eigenvalue weighted by Gasteiger charge is 2.52. The Bertz CT molecular complexity index is 506. The fraction of sp³-hybridized carbons (Fsp3) is 0.600. The summed E-state index contributed by atoms with van der Waals surface area (Å²) in [7, 11) is -0.282. The number of hydrogen-bond donors (Lipinski definition) is 0. The second kappa shape index (κ2) is 4.08. The molecule has 4 heteroatoms. The number of rotatable bonds is 1. The third-order valence-corrected chi connectivity index (χ3v) is 4.61. The Morgan fingerprint density at radius 1 is 0.947 bits per heavy atom. The van der Waals surface area contributed by atoms with E-state index in [9.17, 15) is 0 Å². The summed E-state index contributed by atoms with van der Waals surface area (Å²) < 4.78 is 17.7. The summed E-state index contributed by atoms with van der Waals surface area (Å²) >= 11 is 0. The molecule has 2 aliphatic heterocycles. The van der Waals surface area contributed by atoms with Crippen molar-refractivity contribution < 1.29 is 14.0 Å². The Morgan fingerprint density at radius 3 is 2.05 bits per heavy atom. The van der Waals surface area contributed by atoms with E-state index in [-0.39, 0.29) is 18.3 Å². The van der Waals surface area contributed by atoms with Gasteiger partial charge in [0.15, 0.2) is 0 Å². The fourth-order valence-corrected chi connectivity index (χ4v) is 2.60. The van der Waals surface area contributed by atoms with Crippen LogP contribution in [0.5, 0.6) is 0 Å². The summed E-state index contributed by atoms with van der Waals surface area (Å²) in [6.45, 7) is 11.9. The molecule has 2 heterocycles. The lowest BCUT2D eigenvalue weighted by molar-refractivity contribution is 0.00578. The van der Waals surface area contributed by atoms with Gasteiger partial charge in [-0.2, -0.15) is 0 Å². The van der Waals surface area contributed by atoms with E-state index >= 15 is 0 Å². The molecule has 1 aromatic carbocycles. The van der Waals surface area contributed by atoms with Crippen LogP contribution in [0.2, 0.25) is 0 Å². The van der Waals surface area contributed by atoms with Gasteiger partial charge in [-0.05, 0) is 51.2 Å². The lowest BCUT2D eigenvalue weighted by atomic mass is 9.75. The van der Waals surface area contributed by atoms with Crippen LogP contribution < -0.4 is 5.46 Å². The monoisotopic (exact) mass is 260 g/mol. The molecule has 2 aliphatic rings. The summed E-state index contributed by atoms with van der Waals surface area (Å²) in [4.78, 5) is 0. The summed E-state index contributed by atoms with van der Waals surface area (Å²) in [5.74, 6) is 0. The number of fused-ring (bicyclic) bond motifs is 1. The van der Waals surface area contributed by atoms with Gasteiger partial charge in [0, 0.05) is 0 Å². The summed E-state index contributed by atoms with van der Waals surface area (Å²) in [6.07, 6.45) is 0. The van der Waals surface area contributed by atoms with Crippen molar-refractivity contribution in [1.82, 2.24) is 0 Å². The van der Waals surface area contributed by atoms with Crippen LogP contribution in [0.4, 0.5) is 0 Å². The van der Waals surface area contributed by atoms with Crippen LogP contribution in [0, 0.1) is 6.92 Å². The minimum absolute atomic E-state index is 0.282. The second-order valence-corrected chi connectivity index (χ2v) is 6.56. The van der Waals surface area contributed by atoms with Crippen LogP contribution >= 0.6 is 0 Å².